The van der Waals surface area contributed by atoms with Crippen LogP contribution in [0.4, 0.5) is 5.69 Å². The summed E-state index contributed by atoms with van der Waals surface area (Å²) < 4.78 is 27.5. The number of anilines is 1. The zero-order chi connectivity index (χ0) is 14.0. The smallest absolute Gasteiger partial charge is 0.263 e. The molecule has 0 fully saturated rings. The molecule has 0 unspecified atom stereocenters. The van der Waals surface area contributed by atoms with Gasteiger partial charge in [0, 0.05) is 11.4 Å². The van der Waals surface area contributed by atoms with Crippen molar-refractivity contribution in [3.8, 4) is 0 Å². The minimum absolute atomic E-state index is 0.165. The molecule has 2 rings (SSSR count). The molecular formula is C11H10BrClN2O2S2. The third-order valence-electron chi connectivity index (χ3n) is 2.32. The number of nitrogens with one attached hydrogen (secondary N) is 1. The van der Waals surface area contributed by atoms with Crippen molar-refractivity contribution < 1.29 is 8.42 Å². The van der Waals surface area contributed by atoms with Gasteiger partial charge in [0.25, 0.3) is 10.0 Å². The van der Waals surface area contributed by atoms with Gasteiger partial charge in [-0.1, -0.05) is 23.7 Å². The lowest BCUT2D eigenvalue weighted by molar-refractivity contribution is 0.601. The second kappa shape index (κ2) is 5.80. The van der Waals surface area contributed by atoms with Crippen LogP contribution in [0.3, 0.4) is 0 Å². The molecule has 0 atom stereocenters. The van der Waals surface area contributed by atoms with Crippen molar-refractivity contribution in [2.24, 2.45) is 5.73 Å². The summed E-state index contributed by atoms with van der Waals surface area (Å²) in [5.41, 5.74) is 5.85. The first-order valence-corrected chi connectivity index (χ1v) is 8.66. The highest BCUT2D eigenvalue weighted by molar-refractivity contribution is 9.11. The predicted molar refractivity (Wildman–Crippen MR) is 82.2 cm³/mol. The molecule has 0 aliphatic heterocycles. The average Bonchev–Trinajstić information content (AvgIpc) is 2.74. The third kappa shape index (κ3) is 3.29. The number of nitrogens with two attached hydrogens (primary N) is 1. The molecule has 0 amide bonds. The Kier molecular flexibility index (Phi) is 4.52. The van der Waals surface area contributed by atoms with Crippen molar-refractivity contribution >= 4 is 54.6 Å². The number of hydrogen-bond donors (Lipinski definition) is 2. The molecular weight excluding hydrogens is 372 g/mol. The largest absolute Gasteiger partial charge is 0.326 e. The highest BCUT2D eigenvalue weighted by atomic mass is 79.9. The Morgan fingerprint density at radius 3 is 2.63 bits per heavy atom. The molecule has 0 spiro atoms. The average molecular weight is 382 g/mol. The summed E-state index contributed by atoms with van der Waals surface area (Å²) in [6, 6.07) is 8.20. The number of sulfonamides is 1. The fourth-order valence-corrected chi connectivity index (χ4v) is 5.31. The second-order valence-corrected chi connectivity index (χ2v) is 8.15. The van der Waals surface area contributed by atoms with Crippen LogP contribution in [0.1, 0.15) is 4.88 Å². The SMILES string of the molecule is NCc1cc(S(=O)(=O)Nc2ccccc2Cl)c(Br)s1. The van der Waals surface area contributed by atoms with Crippen molar-refractivity contribution in [2.75, 3.05) is 4.72 Å². The van der Waals surface area contributed by atoms with Gasteiger partial charge in [0.2, 0.25) is 0 Å². The van der Waals surface area contributed by atoms with Crippen LogP contribution in [0.5, 0.6) is 0 Å². The van der Waals surface area contributed by atoms with Crippen LogP contribution >= 0.6 is 38.9 Å². The van der Waals surface area contributed by atoms with Crippen molar-refractivity contribution in [1.29, 1.82) is 0 Å². The standard InChI is InChI=1S/C11H10BrClN2O2S2/c12-11-10(5-7(6-14)18-11)19(16,17)15-9-4-2-1-3-8(9)13/h1-5,15H,6,14H2. The van der Waals surface area contributed by atoms with Crippen molar-refractivity contribution in [3.63, 3.8) is 0 Å². The number of benzene rings is 1. The van der Waals surface area contributed by atoms with Gasteiger partial charge in [-0.2, -0.15) is 0 Å². The van der Waals surface area contributed by atoms with Crippen LogP contribution in [0.2, 0.25) is 5.02 Å². The maximum atomic E-state index is 12.3. The van der Waals surface area contributed by atoms with E-state index >= 15 is 0 Å². The normalized spacial score (nSPS) is 11.5. The number of thiophene rings is 1. The van der Waals surface area contributed by atoms with Gasteiger partial charge < -0.3 is 5.73 Å². The Hall–Kier alpha value is -0.600. The Bertz CT molecular complexity index is 700. The van der Waals surface area contributed by atoms with Gasteiger partial charge >= 0.3 is 0 Å². The molecule has 3 N–H and O–H groups in total. The summed E-state index contributed by atoms with van der Waals surface area (Å²) in [6.07, 6.45) is 0. The molecule has 0 saturated carbocycles. The maximum Gasteiger partial charge on any atom is 0.263 e. The summed E-state index contributed by atoms with van der Waals surface area (Å²) in [5, 5.41) is 0.344. The van der Waals surface area contributed by atoms with Crippen molar-refractivity contribution in [2.45, 2.75) is 11.4 Å². The third-order valence-corrected chi connectivity index (χ3v) is 6.28. The van der Waals surface area contributed by atoms with Crippen LogP contribution in [0, 0.1) is 0 Å². The molecule has 8 heteroatoms. The van der Waals surface area contributed by atoms with Crippen molar-refractivity contribution in [3.05, 3.63) is 44.0 Å². The minimum Gasteiger partial charge on any atom is -0.326 e. The monoisotopic (exact) mass is 380 g/mol. The summed E-state index contributed by atoms with van der Waals surface area (Å²) >= 11 is 10.5. The molecule has 1 heterocycles. The lowest BCUT2D eigenvalue weighted by atomic mass is 10.3. The van der Waals surface area contributed by atoms with Crippen LogP contribution in [-0.4, -0.2) is 8.42 Å². The molecule has 102 valence electrons. The van der Waals surface area contributed by atoms with Gasteiger partial charge in [0.15, 0.2) is 0 Å². The van der Waals surface area contributed by atoms with Crippen molar-refractivity contribution in [1.82, 2.24) is 0 Å². The lowest BCUT2D eigenvalue weighted by Crippen LogP contribution is -2.13. The van der Waals surface area contributed by atoms with E-state index in [4.69, 9.17) is 17.3 Å². The first-order valence-electron chi connectivity index (χ1n) is 5.19. The zero-order valence-corrected chi connectivity index (χ0v) is 13.5. The molecule has 0 aliphatic rings. The van der Waals surface area contributed by atoms with Gasteiger partial charge in [-0.05, 0) is 34.1 Å². The van der Waals surface area contributed by atoms with E-state index in [-0.39, 0.29) is 4.90 Å². The zero-order valence-electron chi connectivity index (χ0n) is 9.56. The molecule has 0 radical (unpaired) electrons. The van der Waals surface area contributed by atoms with E-state index in [0.29, 0.717) is 21.0 Å². The van der Waals surface area contributed by atoms with Gasteiger partial charge in [-0.3, -0.25) is 4.72 Å². The fourth-order valence-electron chi connectivity index (χ4n) is 1.43. The molecule has 0 bridgehead atoms. The minimum atomic E-state index is -3.68. The highest BCUT2D eigenvalue weighted by Crippen LogP contribution is 2.33. The Morgan fingerprint density at radius 1 is 1.37 bits per heavy atom. The first-order chi connectivity index (χ1) is 8.94. The maximum absolute atomic E-state index is 12.3. The molecule has 0 saturated heterocycles. The summed E-state index contributed by atoms with van der Waals surface area (Å²) in [4.78, 5) is 0.948. The summed E-state index contributed by atoms with van der Waals surface area (Å²) in [5.74, 6) is 0. The molecule has 1 aromatic carbocycles. The van der Waals surface area contributed by atoms with E-state index in [1.54, 1.807) is 30.3 Å². The molecule has 1 aromatic heterocycles. The Balaban J connectivity index is 2.38. The van der Waals surface area contributed by atoms with E-state index in [2.05, 4.69) is 20.7 Å². The van der Waals surface area contributed by atoms with Gasteiger partial charge in [-0.15, -0.1) is 11.3 Å². The van der Waals surface area contributed by atoms with E-state index in [1.165, 1.54) is 11.3 Å². The van der Waals surface area contributed by atoms with Gasteiger partial charge in [-0.25, -0.2) is 8.42 Å². The molecule has 0 aliphatic carbocycles. The van der Waals surface area contributed by atoms with E-state index in [9.17, 15) is 8.42 Å². The first kappa shape index (κ1) is 14.8. The van der Waals surface area contributed by atoms with E-state index < -0.39 is 10.0 Å². The Labute approximate surface area is 128 Å². The quantitative estimate of drug-likeness (QED) is 0.852. The van der Waals surface area contributed by atoms with Crippen LogP contribution in [0.15, 0.2) is 39.0 Å². The fraction of sp³-hybridized carbons (Fsp3) is 0.0909. The molecule has 2 aromatic rings. The summed E-state index contributed by atoms with van der Waals surface area (Å²) in [7, 11) is -3.68. The second-order valence-electron chi connectivity index (χ2n) is 3.64. The van der Waals surface area contributed by atoms with Gasteiger partial charge in [0.05, 0.1) is 14.5 Å². The van der Waals surface area contributed by atoms with Crippen LogP contribution < -0.4 is 10.5 Å². The van der Waals surface area contributed by atoms with Crippen LogP contribution in [-0.2, 0) is 16.6 Å². The number of hydrogen-bond acceptors (Lipinski definition) is 4. The van der Waals surface area contributed by atoms with Crippen LogP contribution in [0.25, 0.3) is 0 Å². The number of rotatable bonds is 4. The topological polar surface area (TPSA) is 72.2 Å². The van der Waals surface area contributed by atoms with E-state index in [1.807, 2.05) is 0 Å². The number of para-hydroxylation sites is 1. The molecule has 19 heavy (non-hydrogen) atoms. The van der Waals surface area contributed by atoms with Gasteiger partial charge in [0.1, 0.15) is 4.90 Å². The lowest BCUT2D eigenvalue weighted by Gasteiger charge is -2.08. The molecule has 4 nitrogen and oxygen atoms in total. The Morgan fingerprint density at radius 2 is 2.05 bits per heavy atom. The highest BCUT2D eigenvalue weighted by Gasteiger charge is 2.21. The number of halogens is 2. The summed E-state index contributed by atoms with van der Waals surface area (Å²) in [6.45, 7) is 0.297. The predicted octanol–water partition coefficient (Wildman–Crippen LogP) is 3.42. The van der Waals surface area contributed by atoms with E-state index in [0.717, 1.165) is 4.88 Å².